The summed E-state index contributed by atoms with van der Waals surface area (Å²) < 4.78 is 5.61. The Balaban J connectivity index is 1.63. The van der Waals surface area contributed by atoms with Crippen molar-refractivity contribution in [2.45, 2.75) is 13.3 Å². The maximum atomic E-state index is 12.1. The molecule has 0 aromatic heterocycles. The standard InChI is InChI=1S/C20H19NO2/c1-2-15-7-5-6-10-19(15)21-20(22)14-23-18-12-11-16-8-3-4-9-17(16)13-18/h3-13H,2,14H2,1H3,(H,21,22). The summed E-state index contributed by atoms with van der Waals surface area (Å²) in [6.45, 7) is 2.06. The lowest BCUT2D eigenvalue weighted by Crippen LogP contribution is -2.20. The SMILES string of the molecule is CCc1ccccc1NC(=O)COc1ccc2ccccc2c1. The highest BCUT2D eigenvalue weighted by Crippen LogP contribution is 2.20. The van der Waals surface area contributed by atoms with Gasteiger partial charge in [0.05, 0.1) is 0 Å². The van der Waals surface area contributed by atoms with E-state index >= 15 is 0 Å². The number of hydrogen-bond acceptors (Lipinski definition) is 2. The predicted molar refractivity (Wildman–Crippen MR) is 93.9 cm³/mol. The number of para-hydroxylation sites is 1. The summed E-state index contributed by atoms with van der Waals surface area (Å²) in [6, 6.07) is 21.7. The van der Waals surface area contributed by atoms with E-state index in [0.717, 1.165) is 28.4 Å². The molecule has 0 radical (unpaired) electrons. The number of carbonyl (C=O) groups is 1. The summed E-state index contributed by atoms with van der Waals surface area (Å²) in [5.74, 6) is 0.543. The number of nitrogens with one attached hydrogen (secondary N) is 1. The molecular weight excluding hydrogens is 286 g/mol. The Labute approximate surface area is 135 Å². The number of benzene rings is 3. The fraction of sp³-hybridized carbons (Fsp3) is 0.150. The molecule has 116 valence electrons. The molecule has 0 atom stereocenters. The third-order valence-electron chi connectivity index (χ3n) is 3.76. The summed E-state index contributed by atoms with van der Waals surface area (Å²) in [6.07, 6.45) is 0.877. The minimum absolute atomic E-state index is 0.00358. The van der Waals surface area contributed by atoms with E-state index in [1.54, 1.807) is 0 Å². The van der Waals surface area contributed by atoms with Gasteiger partial charge in [0.2, 0.25) is 0 Å². The molecule has 0 saturated carbocycles. The lowest BCUT2D eigenvalue weighted by Gasteiger charge is -2.11. The summed E-state index contributed by atoms with van der Waals surface area (Å²) in [5.41, 5.74) is 1.97. The molecule has 0 saturated heterocycles. The van der Waals surface area contributed by atoms with Crippen LogP contribution >= 0.6 is 0 Å². The van der Waals surface area contributed by atoms with E-state index in [2.05, 4.69) is 12.2 Å². The molecule has 1 N–H and O–H groups in total. The van der Waals surface area contributed by atoms with E-state index in [4.69, 9.17) is 4.74 Å². The van der Waals surface area contributed by atoms with Crippen molar-refractivity contribution in [2.75, 3.05) is 11.9 Å². The highest BCUT2D eigenvalue weighted by atomic mass is 16.5. The number of fused-ring (bicyclic) bond motifs is 1. The second-order valence-electron chi connectivity index (χ2n) is 5.36. The molecule has 0 fully saturated rings. The first kappa shape index (κ1) is 15.1. The highest BCUT2D eigenvalue weighted by Gasteiger charge is 2.06. The van der Waals surface area contributed by atoms with Crippen LogP contribution in [0.1, 0.15) is 12.5 Å². The maximum absolute atomic E-state index is 12.1. The lowest BCUT2D eigenvalue weighted by atomic mass is 10.1. The fourth-order valence-electron chi connectivity index (χ4n) is 2.54. The molecular formula is C20H19NO2. The van der Waals surface area contributed by atoms with Gasteiger partial charge in [0.25, 0.3) is 5.91 Å². The lowest BCUT2D eigenvalue weighted by molar-refractivity contribution is -0.118. The Kier molecular flexibility index (Phi) is 4.57. The second kappa shape index (κ2) is 6.97. The van der Waals surface area contributed by atoms with Crippen molar-refractivity contribution in [3.8, 4) is 5.75 Å². The third-order valence-corrected chi connectivity index (χ3v) is 3.76. The first-order valence-electron chi connectivity index (χ1n) is 7.75. The van der Waals surface area contributed by atoms with Crippen LogP contribution in [0.3, 0.4) is 0 Å². The number of hydrogen-bond donors (Lipinski definition) is 1. The summed E-state index contributed by atoms with van der Waals surface area (Å²) in [4.78, 5) is 12.1. The zero-order chi connectivity index (χ0) is 16.1. The largest absolute Gasteiger partial charge is 0.484 e. The van der Waals surface area contributed by atoms with Crippen molar-refractivity contribution < 1.29 is 9.53 Å². The molecule has 0 spiro atoms. The molecule has 3 heteroatoms. The van der Waals surface area contributed by atoms with Gasteiger partial charge in [-0.3, -0.25) is 4.79 Å². The van der Waals surface area contributed by atoms with Gasteiger partial charge in [-0.25, -0.2) is 0 Å². The smallest absolute Gasteiger partial charge is 0.262 e. The molecule has 3 aromatic carbocycles. The average molecular weight is 305 g/mol. The average Bonchev–Trinajstić information content (AvgIpc) is 2.60. The quantitative estimate of drug-likeness (QED) is 0.758. The molecule has 3 nitrogen and oxygen atoms in total. The van der Waals surface area contributed by atoms with Crippen LogP contribution in [0.2, 0.25) is 0 Å². The molecule has 0 aliphatic heterocycles. The van der Waals surface area contributed by atoms with Crippen molar-refractivity contribution in [1.29, 1.82) is 0 Å². The van der Waals surface area contributed by atoms with E-state index in [0.29, 0.717) is 5.75 Å². The number of aryl methyl sites for hydroxylation is 1. The molecule has 0 bridgehead atoms. The molecule has 0 heterocycles. The van der Waals surface area contributed by atoms with Gasteiger partial charge < -0.3 is 10.1 Å². The molecule has 3 rings (SSSR count). The van der Waals surface area contributed by atoms with E-state index in [-0.39, 0.29) is 12.5 Å². The minimum Gasteiger partial charge on any atom is -0.484 e. The summed E-state index contributed by atoms with van der Waals surface area (Å²) in [5, 5.41) is 5.16. The van der Waals surface area contributed by atoms with Gasteiger partial charge in [0.1, 0.15) is 5.75 Å². The van der Waals surface area contributed by atoms with Crippen LogP contribution in [0.25, 0.3) is 10.8 Å². The Hall–Kier alpha value is -2.81. The van der Waals surface area contributed by atoms with E-state index in [1.807, 2.05) is 66.7 Å². The van der Waals surface area contributed by atoms with Gasteiger partial charge in [-0.2, -0.15) is 0 Å². The number of rotatable bonds is 5. The van der Waals surface area contributed by atoms with Crippen LogP contribution in [-0.2, 0) is 11.2 Å². The normalized spacial score (nSPS) is 10.5. The molecule has 3 aromatic rings. The van der Waals surface area contributed by atoms with E-state index in [9.17, 15) is 4.79 Å². The summed E-state index contributed by atoms with van der Waals surface area (Å²) >= 11 is 0. The third kappa shape index (κ3) is 3.69. The number of carbonyl (C=O) groups excluding carboxylic acids is 1. The highest BCUT2D eigenvalue weighted by molar-refractivity contribution is 5.92. The van der Waals surface area contributed by atoms with Gasteiger partial charge in [0.15, 0.2) is 6.61 Å². The van der Waals surface area contributed by atoms with Gasteiger partial charge in [-0.1, -0.05) is 55.5 Å². The molecule has 0 aliphatic rings. The molecule has 1 amide bonds. The first-order valence-corrected chi connectivity index (χ1v) is 7.75. The monoisotopic (exact) mass is 305 g/mol. The Morgan fingerprint density at radius 2 is 1.70 bits per heavy atom. The van der Waals surface area contributed by atoms with Crippen LogP contribution in [0.15, 0.2) is 66.7 Å². The first-order chi connectivity index (χ1) is 11.3. The van der Waals surface area contributed by atoms with Crippen molar-refractivity contribution in [3.05, 3.63) is 72.3 Å². The zero-order valence-electron chi connectivity index (χ0n) is 13.1. The zero-order valence-corrected chi connectivity index (χ0v) is 13.1. The van der Waals surface area contributed by atoms with Crippen LogP contribution < -0.4 is 10.1 Å². The van der Waals surface area contributed by atoms with Gasteiger partial charge >= 0.3 is 0 Å². The van der Waals surface area contributed by atoms with Crippen molar-refractivity contribution in [3.63, 3.8) is 0 Å². The van der Waals surface area contributed by atoms with Gasteiger partial charge in [-0.15, -0.1) is 0 Å². The predicted octanol–water partition coefficient (Wildman–Crippen LogP) is 4.42. The fourth-order valence-corrected chi connectivity index (χ4v) is 2.54. The van der Waals surface area contributed by atoms with Gasteiger partial charge in [-0.05, 0) is 41.0 Å². The van der Waals surface area contributed by atoms with E-state index < -0.39 is 0 Å². The minimum atomic E-state index is -0.154. The van der Waals surface area contributed by atoms with Crippen molar-refractivity contribution >= 4 is 22.4 Å². The number of ether oxygens (including phenoxy) is 1. The molecule has 0 aliphatic carbocycles. The second-order valence-corrected chi connectivity index (χ2v) is 5.36. The Bertz CT molecular complexity index is 826. The van der Waals surface area contributed by atoms with Crippen LogP contribution in [-0.4, -0.2) is 12.5 Å². The summed E-state index contributed by atoms with van der Waals surface area (Å²) in [7, 11) is 0. The Morgan fingerprint density at radius 1 is 0.957 bits per heavy atom. The maximum Gasteiger partial charge on any atom is 0.262 e. The van der Waals surface area contributed by atoms with Crippen molar-refractivity contribution in [1.82, 2.24) is 0 Å². The number of amides is 1. The molecule has 0 unspecified atom stereocenters. The van der Waals surface area contributed by atoms with Crippen LogP contribution in [0.5, 0.6) is 5.75 Å². The Morgan fingerprint density at radius 3 is 2.52 bits per heavy atom. The van der Waals surface area contributed by atoms with E-state index in [1.165, 1.54) is 0 Å². The van der Waals surface area contributed by atoms with Crippen LogP contribution in [0.4, 0.5) is 5.69 Å². The van der Waals surface area contributed by atoms with Gasteiger partial charge in [0, 0.05) is 5.69 Å². The van der Waals surface area contributed by atoms with Crippen LogP contribution in [0, 0.1) is 0 Å². The number of anilines is 1. The molecule has 23 heavy (non-hydrogen) atoms. The topological polar surface area (TPSA) is 38.3 Å². The van der Waals surface area contributed by atoms with Crippen molar-refractivity contribution in [2.24, 2.45) is 0 Å².